The highest BCUT2D eigenvalue weighted by molar-refractivity contribution is 6.31. The first-order valence-corrected chi connectivity index (χ1v) is 6.61. The Labute approximate surface area is 121 Å². The monoisotopic (exact) mass is 297 g/mol. The third kappa shape index (κ3) is 2.97. The SMILES string of the molecule is CCC(O)(Cc1c(F)cccc1Cl)c1ccc(F)cn1. The van der Waals surface area contributed by atoms with Gasteiger partial charge in [0.25, 0.3) is 0 Å². The number of hydrogen-bond acceptors (Lipinski definition) is 2. The molecular formula is C15H14ClF2NO. The van der Waals surface area contributed by atoms with Crippen LogP contribution in [0.4, 0.5) is 8.78 Å². The van der Waals surface area contributed by atoms with Crippen molar-refractivity contribution in [1.29, 1.82) is 0 Å². The van der Waals surface area contributed by atoms with Gasteiger partial charge in [0.15, 0.2) is 0 Å². The number of aliphatic hydroxyl groups is 1. The molecule has 1 atom stereocenters. The normalized spacial score (nSPS) is 14.1. The molecule has 0 radical (unpaired) electrons. The Bertz CT molecular complexity index is 583. The summed E-state index contributed by atoms with van der Waals surface area (Å²) in [6.07, 6.45) is 1.31. The molecule has 2 aromatic rings. The molecule has 0 fully saturated rings. The molecule has 1 N–H and O–H groups in total. The van der Waals surface area contributed by atoms with E-state index in [1.54, 1.807) is 13.0 Å². The van der Waals surface area contributed by atoms with Crippen molar-refractivity contribution in [2.45, 2.75) is 25.4 Å². The van der Waals surface area contributed by atoms with Crippen LogP contribution in [0.1, 0.15) is 24.6 Å². The molecule has 0 aliphatic rings. The molecule has 2 rings (SSSR count). The molecule has 0 bridgehead atoms. The second-order valence-electron chi connectivity index (χ2n) is 4.62. The zero-order chi connectivity index (χ0) is 14.8. The zero-order valence-corrected chi connectivity index (χ0v) is 11.7. The van der Waals surface area contributed by atoms with Gasteiger partial charge in [-0.3, -0.25) is 4.98 Å². The Hall–Kier alpha value is -1.52. The predicted octanol–water partition coefficient (Wildman–Crippen LogP) is 3.85. The molecular weight excluding hydrogens is 284 g/mol. The minimum absolute atomic E-state index is 0.0202. The Kier molecular flexibility index (Phi) is 4.35. The van der Waals surface area contributed by atoms with E-state index in [1.165, 1.54) is 24.3 Å². The van der Waals surface area contributed by atoms with Gasteiger partial charge in [0.2, 0.25) is 0 Å². The summed E-state index contributed by atoms with van der Waals surface area (Å²) >= 11 is 5.97. The summed E-state index contributed by atoms with van der Waals surface area (Å²) in [4.78, 5) is 3.89. The summed E-state index contributed by atoms with van der Waals surface area (Å²) in [5.74, 6) is -0.970. The summed E-state index contributed by atoms with van der Waals surface area (Å²) in [7, 11) is 0. The second-order valence-corrected chi connectivity index (χ2v) is 5.03. The van der Waals surface area contributed by atoms with Crippen LogP contribution >= 0.6 is 11.6 Å². The van der Waals surface area contributed by atoms with E-state index >= 15 is 0 Å². The van der Waals surface area contributed by atoms with E-state index in [2.05, 4.69) is 4.98 Å². The van der Waals surface area contributed by atoms with Crippen LogP contribution in [0.15, 0.2) is 36.5 Å². The maximum Gasteiger partial charge on any atom is 0.141 e. The standard InChI is InChI=1S/C15H14ClF2NO/c1-2-15(20,14-7-6-10(17)9-19-14)8-11-12(16)4-3-5-13(11)18/h3-7,9,20H,2,8H2,1H3. The quantitative estimate of drug-likeness (QED) is 0.930. The van der Waals surface area contributed by atoms with Crippen molar-refractivity contribution < 1.29 is 13.9 Å². The molecule has 0 amide bonds. The van der Waals surface area contributed by atoms with Crippen LogP contribution in [0.5, 0.6) is 0 Å². The number of nitrogens with zero attached hydrogens (tertiary/aromatic N) is 1. The van der Waals surface area contributed by atoms with Crippen molar-refractivity contribution in [2.75, 3.05) is 0 Å². The average molecular weight is 298 g/mol. The van der Waals surface area contributed by atoms with Crippen molar-refractivity contribution in [2.24, 2.45) is 0 Å². The largest absolute Gasteiger partial charge is 0.383 e. The highest BCUT2D eigenvalue weighted by Gasteiger charge is 2.31. The summed E-state index contributed by atoms with van der Waals surface area (Å²) in [6.45, 7) is 1.75. The lowest BCUT2D eigenvalue weighted by Crippen LogP contribution is -2.29. The Morgan fingerprint density at radius 3 is 2.55 bits per heavy atom. The van der Waals surface area contributed by atoms with Crippen molar-refractivity contribution in [3.05, 3.63) is 64.4 Å². The van der Waals surface area contributed by atoms with Crippen LogP contribution in [0.2, 0.25) is 5.02 Å². The van der Waals surface area contributed by atoms with Crippen LogP contribution in [0, 0.1) is 11.6 Å². The van der Waals surface area contributed by atoms with E-state index in [0.29, 0.717) is 12.1 Å². The number of halogens is 3. The lowest BCUT2D eigenvalue weighted by Gasteiger charge is -2.27. The minimum Gasteiger partial charge on any atom is -0.383 e. The van der Waals surface area contributed by atoms with Gasteiger partial charge in [0.05, 0.1) is 11.9 Å². The summed E-state index contributed by atoms with van der Waals surface area (Å²) < 4.78 is 26.7. The molecule has 1 heterocycles. The molecule has 0 saturated heterocycles. The summed E-state index contributed by atoms with van der Waals surface area (Å²) in [5, 5.41) is 10.9. The highest BCUT2D eigenvalue weighted by Crippen LogP contribution is 2.31. The van der Waals surface area contributed by atoms with Gasteiger partial charge in [-0.05, 0) is 30.7 Å². The Balaban J connectivity index is 2.39. The van der Waals surface area contributed by atoms with Gasteiger partial charge in [0, 0.05) is 17.0 Å². The van der Waals surface area contributed by atoms with Crippen LogP contribution in [0.25, 0.3) is 0 Å². The first-order chi connectivity index (χ1) is 9.46. The number of rotatable bonds is 4. The minimum atomic E-state index is -1.39. The Morgan fingerprint density at radius 2 is 2.00 bits per heavy atom. The van der Waals surface area contributed by atoms with E-state index in [9.17, 15) is 13.9 Å². The molecule has 0 saturated carbocycles. The fourth-order valence-corrected chi connectivity index (χ4v) is 2.27. The Morgan fingerprint density at radius 1 is 1.25 bits per heavy atom. The average Bonchev–Trinajstić information content (AvgIpc) is 2.43. The molecule has 0 spiro atoms. The summed E-state index contributed by atoms with van der Waals surface area (Å²) in [6, 6.07) is 6.96. The van der Waals surface area contributed by atoms with Crippen molar-refractivity contribution in [3.63, 3.8) is 0 Å². The number of pyridine rings is 1. The highest BCUT2D eigenvalue weighted by atomic mass is 35.5. The third-order valence-corrected chi connectivity index (χ3v) is 3.67. The molecule has 1 unspecified atom stereocenters. The van der Waals surface area contributed by atoms with E-state index < -0.39 is 17.2 Å². The first kappa shape index (κ1) is 14.9. The molecule has 1 aromatic carbocycles. The van der Waals surface area contributed by atoms with Crippen molar-refractivity contribution >= 4 is 11.6 Å². The van der Waals surface area contributed by atoms with E-state index in [1.807, 2.05) is 0 Å². The van der Waals surface area contributed by atoms with Gasteiger partial charge in [-0.15, -0.1) is 0 Å². The molecule has 0 aliphatic carbocycles. The van der Waals surface area contributed by atoms with E-state index in [-0.39, 0.29) is 17.0 Å². The fraction of sp³-hybridized carbons (Fsp3) is 0.267. The second kappa shape index (κ2) is 5.85. The number of aromatic nitrogens is 1. The molecule has 0 aliphatic heterocycles. The van der Waals surface area contributed by atoms with Gasteiger partial charge < -0.3 is 5.11 Å². The van der Waals surface area contributed by atoms with Gasteiger partial charge in [-0.25, -0.2) is 8.78 Å². The smallest absolute Gasteiger partial charge is 0.141 e. The molecule has 2 nitrogen and oxygen atoms in total. The maximum absolute atomic E-state index is 13.8. The van der Waals surface area contributed by atoms with Crippen molar-refractivity contribution in [1.82, 2.24) is 4.98 Å². The van der Waals surface area contributed by atoms with Gasteiger partial charge >= 0.3 is 0 Å². The van der Waals surface area contributed by atoms with Gasteiger partial charge in [-0.1, -0.05) is 24.6 Å². The molecule has 5 heteroatoms. The predicted molar refractivity (Wildman–Crippen MR) is 73.5 cm³/mol. The number of benzene rings is 1. The van der Waals surface area contributed by atoms with Crippen LogP contribution in [0.3, 0.4) is 0 Å². The van der Waals surface area contributed by atoms with Crippen LogP contribution < -0.4 is 0 Å². The summed E-state index contributed by atoms with van der Waals surface area (Å²) in [5.41, 5.74) is -0.870. The molecule has 1 aromatic heterocycles. The maximum atomic E-state index is 13.8. The molecule has 20 heavy (non-hydrogen) atoms. The topological polar surface area (TPSA) is 33.1 Å². The van der Waals surface area contributed by atoms with Gasteiger partial charge in [0.1, 0.15) is 17.2 Å². The lowest BCUT2D eigenvalue weighted by atomic mass is 9.88. The van der Waals surface area contributed by atoms with Crippen molar-refractivity contribution in [3.8, 4) is 0 Å². The van der Waals surface area contributed by atoms with E-state index in [0.717, 1.165) is 6.20 Å². The molecule has 106 valence electrons. The third-order valence-electron chi connectivity index (χ3n) is 3.32. The van der Waals surface area contributed by atoms with Crippen LogP contribution in [-0.4, -0.2) is 10.1 Å². The zero-order valence-electron chi connectivity index (χ0n) is 10.9. The number of hydrogen-bond donors (Lipinski definition) is 1. The lowest BCUT2D eigenvalue weighted by molar-refractivity contribution is 0.0274. The fourth-order valence-electron chi connectivity index (χ4n) is 2.04. The van der Waals surface area contributed by atoms with Gasteiger partial charge in [-0.2, -0.15) is 0 Å². The van der Waals surface area contributed by atoms with E-state index in [4.69, 9.17) is 11.6 Å². The van der Waals surface area contributed by atoms with Crippen LogP contribution in [-0.2, 0) is 12.0 Å². The first-order valence-electron chi connectivity index (χ1n) is 6.23.